The van der Waals surface area contributed by atoms with Gasteiger partial charge in [0, 0.05) is 0 Å². The van der Waals surface area contributed by atoms with Crippen LogP contribution in [-0.4, -0.2) is 0 Å². The highest BCUT2D eigenvalue weighted by Gasteiger charge is 2.67. The molecule has 0 aliphatic heterocycles. The summed E-state index contributed by atoms with van der Waals surface area (Å²) >= 11 is 0. The first-order valence-corrected chi connectivity index (χ1v) is 6.68. The van der Waals surface area contributed by atoms with Crippen LogP contribution in [0.1, 0.15) is 59.8 Å². The number of rotatable bonds is 0. The number of hydrogen-bond acceptors (Lipinski definition) is 0. The molecule has 3 fully saturated rings. The normalized spacial score (nSPS) is 53.1. The van der Waals surface area contributed by atoms with Gasteiger partial charge >= 0.3 is 0 Å². The molecule has 0 aromatic heterocycles. The quantitative estimate of drug-likeness (QED) is 0.533. The van der Waals surface area contributed by atoms with E-state index in [4.69, 9.17) is 0 Å². The van der Waals surface area contributed by atoms with E-state index in [0.29, 0.717) is 0 Å². The molecule has 0 aromatic rings. The zero-order valence-corrected chi connectivity index (χ0v) is 10.3. The Morgan fingerprint density at radius 1 is 1.07 bits per heavy atom. The Morgan fingerprint density at radius 3 is 2.14 bits per heavy atom. The van der Waals surface area contributed by atoms with Gasteiger partial charge in [-0.05, 0) is 54.8 Å². The zero-order valence-electron chi connectivity index (χ0n) is 10.3. The molecule has 5 atom stereocenters. The van der Waals surface area contributed by atoms with Gasteiger partial charge in [-0.1, -0.05) is 34.1 Å². The van der Waals surface area contributed by atoms with E-state index >= 15 is 0 Å². The smallest absolute Gasteiger partial charge is 0.0210 e. The van der Waals surface area contributed by atoms with Crippen molar-refractivity contribution in [3.8, 4) is 0 Å². The van der Waals surface area contributed by atoms with Crippen molar-refractivity contribution in [1.82, 2.24) is 0 Å². The first-order chi connectivity index (χ1) is 6.68. The zero-order chi connectivity index (χ0) is 10.3. The Balaban J connectivity index is 0.000000226. The van der Waals surface area contributed by atoms with Crippen LogP contribution in [0, 0.1) is 29.1 Å². The van der Waals surface area contributed by atoms with Crippen LogP contribution in [0.15, 0.2) is 0 Å². The van der Waals surface area contributed by atoms with E-state index in [1.165, 1.54) is 12.3 Å². The minimum Gasteiger partial charge on any atom is -0.0656 e. The summed E-state index contributed by atoms with van der Waals surface area (Å²) in [7, 11) is 0. The predicted molar refractivity (Wildman–Crippen MR) is 62.2 cm³/mol. The second-order valence-corrected chi connectivity index (χ2v) is 5.89. The minimum atomic E-state index is 0.902. The maximum absolute atomic E-state index is 2.50. The summed E-state index contributed by atoms with van der Waals surface area (Å²) in [6.45, 7) is 9.22. The third-order valence-electron chi connectivity index (χ3n) is 5.47. The Bertz CT molecular complexity index is 208. The molecule has 0 saturated heterocycles. The molecule has 0 N–H and O–H groups in total. The average Bonchev–Trinajstić information content (AvgIpc) is 2.37. The summed E-state index contributed by atoms with van der Waals surface area (Å²) in [5.74, 6) is 4.43. The SMILES string of the molecule is CC1[C@@H](C)C2CCC3CCC312.CCC. The molecular weight excluding hydrogens is 168 g/mol. The Kier molecular flexibility index (Phi) is 2.66. The highest BCUT2D eigenvalue weighted by atomic mass is 14.7. The molecule has 0 heterocycles. The third kappa shape index (κ3) is 1.06. The number of hydrogen-bond donors (Lipinski definition) is 0. The third-order valence-corrected chi connectivity index (χ3v) is 5.47. The van der Waals surface area contributed by atoms with Crippen molar-refractivity contribution in [3.63, 3.8) is 0 Å². The second-order valence-electron chi connectivity index (χ2n) is 5.89. The van der Waals surface area contributed by atoms with Gasteiger partial charge in [-0.15, -0.1) is 0 Å². The van der Waals surface area contributed by atoms with Crippen molar-refractivity contribution in [2.75, 3.05) is 0 Å². The van der Waals surface area contributed by atoms with Crippen LogP contribution in [0.3, 0.4) is 0 Å². The maximum atomic E-state index is 2.50. The van der Waals surface area contributed by atoms with Crippen molar-refractivity contribution in [1.29, 1.82) is 0 Å². The lowest BCUT2D eigenvalue weighted by molar-refractivity contribution is -0.167. The molecule has 3 aliphatic rings. The van der Waals surface area contributed by atoms with Gasteiger partial charge in [-0.25, -0.2) is 0 Å². The molecule has 82 valence electrons. The van der Waals surface area contributed by atoms with E-state index in [0.717, 1.165) is 23.2 Å². The minimum absolute atomic E-state index is 0.902. The molecule has 3 aliphatic carbocycles. The van der Waals surface area contributed by atoms with Gasteiger partial charge in [0.2, 0.25) is 0 Å². The molecule has 1 spiro atoms. The molecule has 0 radical (unpaired) electrons. The van der Waals surface area contributed by atoms with Gasteiger partial charge < -0.3 is 0 Å². The first kappa shape index (κ1) is 10.5. The van der Waals surface area contributed by atoms with Crippen LogP contribution in [0.4, 0.5) is 0 Å². The molecule has 3 saturated carbocycles. The van der Waals surface area contributed by atoms with Crippen LogP contribution in [0.25, 0.3) is 0 Å². The lowest BCUT2D eigenvalue weighted by Crippen LogP contribution is -2.59. The van der Waals surface area contributed by atoms with Gasteiger partial charge in [0.05, 0.1) is 0 Å². The Morgan fingerprint density at radius 2 is 1.71 bits per heavy atom. The Labute approximate surface area is 89.5 Å². The van der Waals surface area contributed by atoms with E-state index < -0.39 is 0 Å². The maximum Gasteiger partial charge on any atom is -0.0210 e. The van der Waals surface area contributed by atoms with Crippen LogP contribution in [0.2, 0.25) is 0 Å². The summed E-state index contributed by atoms with van der Waals surface area (Å²) in [6.07, 6.45) is 7.52. The summed E-state index contributed by atoms with van der Waals surface area (Å²) in [5, 5.41) is 0. The largest absolute Gasteiger partial charge is 0.0656 e. The predicted octanol–water partition coefficient (Wildman–Crippen LogP) is 4.49. The van der Waals surface area contributed by atoms with Gasteiger partial charge in [0.1, 0.15) is 0 Å². The standard InChI is InChI=1S/C11H18.C3H8/c1-7-8(2)11-6-5-9(11)3-4-10(7)11;1-3-2/h7-10H,3-6H2,1-2H3;3H2,1-2H3/t7-,8?,9?,10?,11?;/m1./s1. The van der Waals surface area contributed by atoms with Crippen LogP contribution in [0.5, 0.6) is 0 Å². The highest BCUT2D eigenvalue weighted by Crippen LogP contribution is 2.74. The molecule has 0 bridgehead atoms. The van der Waals surface area contributed by atoms with Crippen molar-refractivity contribution in [2.24, 2.45) is 29.1 Å². The molecule has 0 amide bonds. The lowest BCUT2D eigenvalue weighted by Gasteiger charge is -2.65. The van der Waals surface area contributed by atoms with Crippen LogP contribution in [-0.2, 0) is 0 Å². The van der Waals surface area contributed by atoms with Gasteiger partial charge in [0.25, 0.3) is 0 Å². The van der Waals surface area contributed by atoms with E-state index in [9.17, 15) is 0 Å². The second kappa shape index (κ2) is 3.54. The lowest BCUT2D eigenvalue weighted by atomic mass is 9.40. The average molecular weight is 194 g/mol. The van der Waals surface area contributed by atoms with Gasteiger partial charge in [-0.2, -0.15) is 0 Å². The first-order valence-electron chi connectivity index (χ1n) is 6.68. The molecule has 14 heavy (non-hydrogen) atoms. The molecule has 4 unspecified atom stereocenters. The topological polar surface area (TPSA) is 0 Å². The summed E-state index contributed by atoms with van der Waals surface area (Å²) in [5.41, 5.74) is 0.902. The van der Waals surface area contributed by atoms with Crippen LogP contribution >= 0.6 is 0 Å². The summed E-state index contributed by atoms with van der Waals surface area (Å²) in [6, 6.07) is 0. The van der Waals surface area contributed by atoms with E-state index in [2.05, 4.69) is 27.7 Å². The molecule has 0 heteroatoms. The molecule has 0 aromatic carbocycles. The monoisotopic (exact) mass is 194 g/mol. The van der Waals surface area contributed by atoms with Gasteiger partial charge in [0.15, 0.2) is 0 Å². The Hall–Kier alpha value is 0. The van der Waals surface area contributed by atoms with E-state index in [-0.39, 0.29) is 0 Å². The fourth-order valence-electron chi connectivity index (χ4n) is 4.64. The van der Waals surface area contributed by atoms with Crippen molar-refractivity contribution >= 4 is 0 Å². The van der Waals surface area contributed by atoms with Gasteiger partial charge in [-0.3, -0.25) is 0 Å². The molecule has 3 rings (SSSR count). The van der Waals surface area contributed by atoms with Crippen molar-refractivity contribution in [3.05, 3.63) is 0 Å². The fraction of sp³-hybridized carbons (Fsp3) is 1.00. The van der Waals surface area contributed by atoms with E-state index in [1.807, 2.05) is 0 Å². The summed E-state index contributed by atoms with van der Waals surface area (Å²) < 4.78 is 0. The molecular formula is C14H26. The highest BCUT2D eigenvalue weighted by molar-refractivity contribution is 5.16. The van der Waals surface area contributed by atoms with E-state index in [1.54, 1.807) is 25.7 Å². The van der Waals surface area contributed by atoms with Crippen LogP contribution < -0.4 is 0 Å². The van der Waals surface area contributed by atoms with Crippen molar-refractivity contribution in [2.45, 2.75) is 59.8 Å². The fourth-order valence-corrected chi connectivity index (χ4v) is 4.64. The van der Waals surface area contributed by atoms with Crippen molar-refractivity contribution < 1.29 is 0 Å². The molecule has 0 nitrogen and oxygen atoms in total. The summed E-state index contributed by atoms with van der Waals surface area (Å²) in [4.78, 5) is 0.